The van der Waals surface area contributed by atoms with Crippen molar-refractivity contribution in [1.29, 1.82) is 0 Å². The Hall–Kier alpha value is -1.90. The number of rotatable bonds is 6. The lowest BCUT2D eigenvalue weighted by Crippen LogP contribution is -2.24. The highest BCUT2D eigenvalue weighted by Gasteiger charge is 2.08. The zero-order valence-electron chi connectivity index (χ0n) is 12.4. The molecule has 0 saturated heterocycles. The third-order valence-corrected chi connectivity index (χ3v) is 2.92. The van der Waals surface area contributed by atoms with Crippen molar-refractivity contribution in [2.45, 2.75) is 33.6 Å². The van der Waals surface area contributed by atoms with E-state index in [2.05, 4.69) is 25.2 Å². The Bertz CT molecular complexity index is 513. The molecule has 20 heavy (non-hydrogen) atoms. The van der Waals surface area contributed by atoms with Gasteiger partial charge >= 0.3 is 0 Å². The first-order valence-corrected chi connectivity index (χ1v) is 6.82. The Kier molecular flexibility index (Phi) is 6.71. The largest absolute Gasteiger partial charge is 0.348 e. The minimum atomic E-state index is -0.491. The van der Waals surface area contributed by atoms with Gasteiger partial charge in [0.1, 0.15) is 5.82 Å². The fourth-order valence-electron chi connectivity index (χ4n) is 1.75. The number of allylic oxidation sites excluding steroid dienone is 3. The zero-order valence-corrected chi connectivity index (χ0v) is 12.4. The monoisotopic (exact) mass is 275 g/mol. The van der Waals surface area contributed by atoms with E-state index < -0.39 is 5.82 Å². The van der Waals surface area contributed by atoms with Crippen molar-refractivity contribution in [3.8, 4) is 0 Å². The molecule has 0 aliphatic rings. The number of hydrogen-bond acceptors (Lipinski definition) is 1. The van der Waals surface area contributed by atoms with Crippen molar-refractivity contribution in [3.05, 3.63) is 58.9 Å². The van der Waals surface area contributed by atoms with Crippen molar-refractivity contribution in [1.82, 2.24) is 5.32 Å². The molecule has 3 heteroatoms. The van der Waals surface area contributed by atoms with Gasteiger partial charge < -0.3 is 5.32 Å². The molecule has 0 bridgehead atoms. The van der Waals surface area contributed by atoms with Crippen LogP contribution in [0.15, 0.2) is 47.6 Å². The highest BCUT2D eigenvalue weighted by atomic mass is 19.1. The number of halogens is 1. The molecular formula is C17H22FNO. The maximum atomic E-state index is 13.4. The van der Waals surface area contributed by atoms with Crippen LogP contribution in [-0.4, -0.2) is 12.5 Å². The van der Waals surface area contributed by atoms with Crippen molar-refractivity contribution in [3.63, 3.8) is 0 Å². The molecule has 0 unspecified atom stereocenters. The normalized spacial score (nSPS) is 11.1. The van der Waals surface area contributed by atoms with E-state index in [9.17, 15) is 9.18 Å². The van der Waals surface area contributed by atoms with E-state index >= 15 is 0 Å². The first-order chi connectivity index (χ1) is 9.50. The molecule has 1 aromatic carbocycles. The summed E-state index contributed by atoms with van der Waals surface area (Å²) in [4.78, 5) is 11.8. The van der Waals surface area contributed by atoms with Crippen LogP contribution in [-0.2, 0) is 0 Å². The average Bonchev–Trinajstić information content (AvgIpc) is 2.38. The van der Waals surface area contributed by atoms with Gasteiger partial charge in [-0.2, -0.15) is 0 Å². The first kappa shape index (κ1) is 16.2. The third-order valence-electron chi connectivity index (χ3n) is 2.92. The van der Waals surface area contributed by atoms with Gasteiger partial charge in [0.2, 0.25) is 0 Å². The maximum absolute atomic E-state index is 13.4. The molecule has 0 spiro atoms. The molecule has 2 nitrogen and oxygen atoms in total. The predicted molar refractivity (Wildman–Crippen MR) is 81.2 cm³/mol. The summed E-state index contributed by atoms with van der Waals surface area (Å²) in [5.41, 5.74) is 2.62. The molecule has 0 aliphatic heterocycles. The summed E-state index contributed by atoms with van der Waals surface area (Å²) in [6.45, 7) is 6.61. The van der Waals surface area contributed by atoms with Gasteiger partial charge in [-0.15, -0.1) is 0 Å². The fourth-order valence-corrected chi connectivity index (χ4v) is 1.75. The average molecular weight is 275 g/mol. The van der Waals surface area contributed by atoms with E-state index in [1.54, 1.807) is 12.1 Å². The van der Waals surface area contributed by atoms with Gasteiger partial charge in [-0.25, -0.2) is 4.39 Å². The second kappa shape index (κ2) is 8.31. The van der Waals surface area contributed by atoms with Gasteiger partial charge in [0.25, 0.3) is 5.91 Å². The quantitative estimate of drug-likeness (QED) is 0.773. The lowest BCUT2D eigenvalue weighted by atomic mass is 10.1. The van der Waals surface area contributed by atoms with Crippen molar-refractivity contribution >= 4 is 5.91 Å². The van der Waals surface area contributed by atoms with Crippen LogP contribution in [0, 0.1) is 5.82 Å². The van der Waals surface area contributed by atoms with Gasteiger partial charge in [-0.1, -0.05) is 35.4 Å². The summed E-state index contributed by atoms with van der Waals surface area (Å²) in [6, 6.07) is 5.99. The predicted octanol–water partition coefficient (Wildman–Crippen LogP) is 4.25. The van der Waals surface area contributed by atoms with E-state index in [0.29, 0.717) is 6.54 Å². The van der Waals surface area contributed by atoms with Crippen LogP contribution in [0.4, 0.5) is 4.39 Å². The summed E-state index contributed by atoms with van der Waals surface area (Å²) >= 11 is 0. The van der Waals surface area contributed by atoms with Gasteiger partial charge in [0, 0.05) is 6.54 Å². The van der Waals surface area contributed by atoms with Crippen molar-refractivity contribution in [2.75, 3.05) is 6.54 Å². The second-order valence-electron chi connectivity index (χ2n) is 5.06. The Morgan fingerprint density at radius 1 is 1.20 bits per heavy atom. The zero-order chi connectivity index (χ0) is 15.0. The smallest absolute Gasteiger partial charge is 0.254 e. The van der Waals surface area contributed by atoms with E-state index in [1.807, 2.05) is 13.0 Å². The molecule has 0 aromatic heterocycles. The van der Waals surface area contributed by atoms with Gasteiger partial charge in [-0.3, -0.25) is 4.79 Å². The standard InChI is InChI=1S/C17H22FNO/c1-13(2)7-6-8-14(3)11-12-19-17(20)15-9-4-5-10-16(15)18/h4-5,7,9-11H,6,8,12H2,1-3H3,(H,19,20)/b14-11+. The van der Waals surface area contributed by atoms with Crippen molar-refractivity contribution in [2.24, 2.45) is 0 Å². The third kappa shape index (κ3) is 5.83. The molecule has 1 N–H and O–H groups in total. The Morgan fingerprint density at radius 2 is 1.90 bits per heavy atom. The van der Waals surface area contributed by atoms with E-state index in [-0.39, 0.29) is 11.5 Å². The molecule has 1 amide bonds. The molecule has 1 rings (SSSR count). The Balaban J connectivity index is 2.42. The van der Waals surface area contributed by atoms with E-state index in [1.165, 1.54) is 23.3 Å². The number of nitrogens with one attached hydrogen (secondary N) is 1. The van der Waals surface area contributed by atoms with Crippen LogP contribution in [0.25, 0.3) is 0 Å². The summed E-state index contributed by atoms with van der Waals surface area (Å²) in [5, 5.41) is 2.70. The van der Waals surface area contributed by atoms with E-state index in [4.69, 9.17) is 0 Å². The topological polar surface area (TPSA) is 29.1 Å². The number of carbonyl (C=O) groups excluding carboxylic acids is 1. The fraction of sp³-hybridized carbons (Fsp3) is 0.353. The summed E-state index contributed by atoms with van der Waals surface area (Å²) < 4.78 is 13.4. The van der Waals surface area contributed by atoms with Crippen LogP contribution in [0.5, 0.6) is 0 Å². The number of hydrogen-bond donors (Lipinski definition) is 1. The molecule has 0 heterocycles. The lowest BCUT2D eigenvalue weighted by molar-refractivity contribution is 0.0954. The highest BCUT2D eigenvalue weighted by Crippen LogP contribution is 2.07. The minimum absolute atomic E-state index is 0.0862. The molecule has 0 atom stereocenters. The Labute approximate surface area is 120 Å². The lowest BCUT2D eigenvalue weighted by Gasteiger charge is -2.04. The van der Waals surface area contributed by atoms with Crippen LogP contribution in [0.2, 0.25) is 0 Å². The van der Waals surface area contributed by atoms with Crippen LogP contribution in [0.1, 0.15) is 44.0 Å². The van der Waals surface area contributed by atoms with Crippen LogP contribution in [0.3, 0.4) is 0 Å². The number of benzene rings is 1. The molecular weight excluding hydrogens is 253 g/mol. The molecule has 108 valence electrons. The molecule has 1 aromatic rings. The summed E-state index contributed by atoms with van der Waals surface area (Å²) in [6.07, 6.45) is 6.14. The van der Waals surface area contributed by atoms with Gasteiger partial charge in [0.05, 0.1) is 5.56 Å². The Morgan fingerprint density at radius 3 is 2.55 bits per heavy atom. The summed E-state index contributed by atoms with van der Waals surface area (Å²) in [5.74, 6) is -0.870. The SMILES string of the molecule is CC(C)=CCC/C(C)=C/CNC(=O)c1ccccc1F. The number of amides is 1. The van der Waals surface area contributed by atoms with Crippen LogP contribution < -0.4 is 5.32 Å². The second-order valence-corrected chi connectivity index (χ2v) is 5.06. The first-order valence-electron chi connectivity index (χ1n) is 6.82. The molecule has 0 radical (unpaired) electrons. The molecule has 0 saturated carbocycles. The van der Waals surface area contributed by atoms with Gasteiger partial charge in [0.15, 0.2) is 0 Å². The molecule has 0 fully saturated rings. The highest BCUT2D eigenvalue weighted by molar-refractivity contribution is 5.94. The summed E-state index contributed by atoms with van der Waals surface area (Å²) in [7, 11) is 0. The minimum Gasteiger partial charge on any atom is -0.348 e. The number of carbonyl (C=O) groups is 1. The van der Waals surface area contributed by atoms with E-state index in [0.717, 1.165) is 12.8 Å². The maximum Gasteiger partial charge on any atom is 0.254 e. The van der Waals surface area contributed by atoms with Crippen LogP contribution >= 0.6 is 0 Å². The van der Waals surface area contributed by atoms with Crippen molar-refractivity contribution < 1.29 is 9.18 Å². The molecule has 0 aliphatic carbocycles. The van der Waals surface area contributed by atoms with Gasteiger partial charge in [-0.05, 0) is 45.7 Å².